The Labute approximate surface area is 42.9 Å². The maximum absolute atomic E-state index is 9.55. The third-order valence-electron chi connectivity index (χ3n) is 0.397. The molecule has 0 aromatic rings. The van der Waals surface area contributed by atoms with E-state index in [1.165, 1.54) is 0 Å². The van der Waals surface area contributed by atoms with Crippen LogP contribution in [0.15, 0.2) is 12.7 Å². The fraction of sp³-hybridized carbons (Fsp3) is 0.333. The number of rotatable bonds is 3. The van der Waals surface area contributed by atoms with Gasteiger partial charge in [0, 0.05) is 0 Å². The summed E-state index contributed by atoms with van der Waals surface area (Å²) in [6.07, 6.45) is 0.0951. The first-order valence-corrected chi connectivity index (χ1v) is 2.65. The Morgan fingerprint density at radius 3 is 2.71 bits per heavy atom. The van der Waals surface area contributed by atoms with Gasteiger partial charge < -0.3 is 5.11 Å². The fourth-order valence-electron chi connectivity index (χ4n) is 0.112. The second-order valence-corrected chi connectivity index (χ2v) is 1.32. The van der Waals surface area contributed by atoms with Crippen LogP contribution in [0, 0.1) is 0 Å². The maximum atomic E-state index is 9.55. The van der Waals surface area contributed by atoms with Gasteiger partial charge in [-0.3, -0.25) is 9.09 Å². The van der Waals surface area contributed by atoms with Crippen molar-refractivity contribution in [3.05, 3.63) is 12.7 Å². The summed E-state index contributed by atoms with van der Waals surface area (Å²) in [6.45, 7) is 3.18. The molecule has 0 fully saturated rings. The molecule has 0 saturated heterocycles. The molecular weight excluding hydrogens is 115 g/mol. The third kappa shape index (κ3) is 3.73. The summed E-state index contributed by atoms with van der Waals surface area (Å²) in [5, 5.41) is 8.34. The first-order valence-electron chi connectivity index (χ1n) is 1.71. The van der Waals surface area contributed by atoms with E-state index in [-0.39, 0.29) is 0 Å². The minimum absolute atomic E-state index is 1.06. The van der Waals surface area contributed by atoms with E-state index in [0.29, 0.717) is 0 Å². The van der Waals surface area contributed by atoms with Crippen LogP contribution in [0.2, 0.25) is 0 Å². The summed E-state index contributed by atoms with van der Waals surface area (Å²) in [7, 11) is -1.32. The molecular formula is C3H7O3P. The largest absolute Gasteiger partial charge is 0.364 e. The number of hydrogen-bond donors (Lipinski definition) is 1. The zero-order valence-electron chi connectivity index (χ0n) is 3.70. The molecule has 7 heavy (non-hydrogen) atoms. The zero-order chi connectivity index (χ0) is 5.70. The van der Waals surface area contributed by atoms with Gasteiger partial charge in [0.1, 0.15) is 0 Å². The third-order valence-corrected chi connectivity index (χ3v) is 0.787. The lowest BCUT2D eigenvalue weighted by Gasteiger charge is -1.95. The van der Waals surface area contributed by atoms with Gasteiger partial charge >= 0.3 is 0 Å². The highest BCUT2D eigenvalue weighted by atomic mass is 31.1. The first kappa shape index (κ1) is 6.89. The lowest BCUT2D eigenvalue weighted by molar-refractivity contribution is 0.0362. The molecule has 4 heteroatoms. The van der Waals surface area contributed by atoms with Crippen molar-refractivity contribution in [1.29, 1.82) is 0 Å². The van der Waals surface area contributed by atoms with E-state index in [1.54, 1.807) is 0 Å². The number of aliphatic hydroxyl groups excluding tert-OH is 1. The molecule has 0 amide bonds. The van der Waals surface area contributed by atoms with Crippen molar-refractivity contribution in [2.24, 2.45) is 0 Å². The topological polar surface area (TPSA) is 46.5 Å². The van der Waals surface area contributed by atoms with Crippen LogP contribution >= 0.6 is 8.69 Å². The normalized spacial score (nSPS) is 15.0. The highest BCUT2D eigenvalue weighted by Gasteiger charge is 1.89. The SMILES string of the molecule is C=CC(O)O[PH2]=O. The average Bonchev–Trinajstić information content (AvgIpc) is 1.68. The summed E-state index contributed by atoms with van der Waals surface area (Å²) in [5.74, 6) is 0. The number of hydrogen-bond acceptors (Lipinski definition) is 3. The molecule has 2 unspecified atom stereocenters. The van der Waals surface area contributed by atoms with E-state index >= 15 is 0 Å². The molecule has 0 rings (SSSR count). The molecule has 0 heterocycles. The minimum Gasteiger partial charge on any atom is -0.364 e. The van der Waals surface area contributed by atoms with Crippen LogP contribution in [0.5, 0.6) is 0 Å². The lowest BCUT2D eigenvalue weighted by atomic mass is 10.6. The molecule has 2 atom stereocenters. The van der Waals surface area contributed by atoms with Gasteiger partial charge in [-0.15, -0.1) is 0 Å². The van der Waals surface area contributed by atoms with Gasteiger partial charge in [-0.05, 0) is 6.08 Å². The first-order chi connectivity index (χ1) is 3.31. The van der Waals surface area contributed by atoms with E-state index < -0.39 is 15.0 Å². The van der Waals surface area contributed by atoms with Crippen LogP contribution in [0.1, 0.15) is 0 Å². The van der Waals surface area contributed by atoms with Crippen molar-refractivity contribution in [2.45, 2.75) is 6.29 Å². The monoisotopic (exact) mass is 122 g/mol. The van der Waals surface area contributed by atoms with Crippen molar-refractivity contribution < 1.29 is 14.2 Å². The summed E-state index contributed by atoms with van der Waals surface area (Å²) >= 11 is 0. The Bertz CT molecular complexity index is 72.6. The standard InChI is InChI=1S/C3H7O3P/c1-2-3(4)6-7-5/h2-4H,1,7H2. The minimum atomic E-state index is -1.32. The van der Waals surface area contributed by atoms with E-state index in [4.69, 9.17) is 5.11 Å². The molecule has 0 aromatic carbocycles. The Morgan fingerprint density at radius 2 is 2.57 bits per heavy atom. The quantitative estimate of drug-likeness (QED) is 0.330. The molecule has 0 aliphatic carbocycles. The van der Waals surface area contributed by atoms with Crippen molar-refractivity contribution >= 4 is 8.69 Å². The fourth-order valence-corrected chi connectivity index (χ4v) is 0.337. The molecule has 1 N–H and O–H groups in total. The van der Waals surface area contributed by atoms with E-state index in [0.717, 1.165) is 6.08 Å². The molecule has 0 aliphatic heterocycles. The molecule has 0 aromatic heterocycles. The summed E-state index contributed by atoms with van der Waals surface area (Å²) < 4.78 is 13.7. The van der Waals surface area contributed by atoms with Crippen LogP contribution in [-0.2, 0) is 9.09 Å². The second kappa shape index (κ2) is 4.06. The molecule has 0 spiro atoms. The van der Waals surface area contributed by atoms with Gasteiger partial charge in [-0.1, -0.05) is 6.58 Å². The van der Waals surface area contributed by atoms with E-state index in [9.17, 15) is 4.57 Å². The van der Waals surface area contributed by atoms with Gasteiger partial charge in [0.2, 0.25) is 0 Å². The van der Waals surface area contributed by atoms with Crippen LogP contribution in [0.25, 0.3) is 0 Å². The Morgan fingerprint density at radius 1 is 2.00 bits per heavy atom. The summed E-state index contributed by atoms with van der Waals surface area (Å²) in [4.78, 5) is 0. The van der Waals surface area contributed by atoms with Crippen LogP contribution in [0.3, 0.4) is 0 Å². The molecule has 42 valence electrons. The van der Waals surface area contributed by atoms with Gasteiger partial charge in [0.15, 0.2) is 15.0 Å². The molecule has 0 saturated carbocycles. The van der Waals surface area contributed by atoms with Crippen molar-refractivity contribution in [3.8, 4) is 0 Å². The number of aliphatic hydroxyl groups is 1. The molecule has 3 nitrogen and oxygen atoms in total. The van der Waals surface area contributed by atoms with Crippen LogP contribution in [-0.4, -0.2) is 11.4 Å². The molecule has 0 bridgehead atoms. The predicted octanol–water partition coefficient (Wildman–Crippen LogP) is 0.179. The maximum Gasteiger partial charge on any atom is 0.182 e. The predicted molar refractivity (Wildman–Crippen MR) is 27.7 cm³/mol. The molecule has 0 aliphatic rings. The smallest absolute Gasteiger partial charge is 0.182 e. The van der Waals surface area contributed by atoms with Crippen LogP contribution in [0.4, 0.5) is 0 Å². The highest BCUT2D eigenvalue weighted by molar-refractivity contribution is 7.17. The summed E-state index contributed by atoms with van der Waals surface area (Å²) in [6, 6.07) is 0. The molecule has 0 radical (unpaired) electrons. The van der Waals surface area contributed by atoms with Crippen LogP contribution < -0.4 is 0 Å². The van der Waals surface area contributed by atoms with E-state index in [2.05, 4.69) is 11.1 Å². The second-order valence-electron chi connectivity index (χ2n) is 0.859. The van der Waals surface area contributed by atoms with Crippen molar-refractivity contribution in [1.82, 2.24) is 0 Å². The van der Waals surface area contributed by atoms with Gasteiger partial charge in [0.25, 0.3) is 0 Å². The Hall–Kier alpha value is -0.110. The van der Waals surface area contributed by atoms with E-state index in [1.807, 2.05) is 0 Å². The van der Waals surface area contributed by atoms with Gasteiger partial charge in [-0.2, -0.15) is 0 Å². The van der Waals surface area contributed by atoms with Crippen molar-refractivity contribution in [3.63, 3.8) is 0 Å². The highest BCUT2D eigenvalue weighted by Crippen LogP contribution is 1.98. The lowest BCUT2D eigenvalue weighted by Crippen LogP contribution is -1.98. The Balaban J connectivity index is 3.15. The average molecular weight is 122 g/mol. The zero-order valence-corrected chi connectivity index (χ0v) is 4.86. The summed E-state index contributed by atoms with van der Waals surface area (Å²) in [5.41, 5.74) is 0. The Kier molecular flexibility index (Phi) is 4.00. The van der Waals surface area contributed by atoms with Gasteiger partial charge in [0.05, 0.1) is 0 Å². The van der Waals surface area contributed by atoms with Gasteiger partial charge in [-0.25, -0.2) is 0 Å². The van der Waals surface area contributed by atoms with Crippen molar-refractivity contribution in [2.75, 3.05) is 0 Å².